The number of epoxide rings is 1. The summed E-state index contributed by atoms with van der Waals surface area (Å²) in [5, 5.41) is 8.52. The van der Waals surface area contributed by atoms with E-state index in [1.165, 1.54) is 6.08 Å². The van der Waals surface area contributed by atoms with Crippen LogP contribution in [0.25, 0.3) is 0 Å². The molecular formula is C9H12O4. The molecule has 1 atom stereocenters. The quantitative estimate of drug-likeness (QED) is 0.628. The smallest absolute Gasteiger partial charge is 0.193 e. The topological polar surface area (TPSA) is 59.1 Å². The maximum absolute atomic E-state index is 11.4. The van der Waals surface area contributed by atoms with Crippen molar-refractivity contribution in [2.75, 3.05) is 19.8 Å². The number of ether oxygens (including phenoxy) is 2. The van der Waals surface area contributed by atoms with Crippen LogP contribution in [0.5, 0.6) is 0 Å². The largest absolute Gasteiger partial charge is 0.495 e. The second-order valence-electron chi connectivity index (χ2n) is 3.33. The second kappa shape index (κ2) is 3.12. The van der Waals surface area contributed by atoms with Gasteiger partial charge in [-0.15, -0.1) is 0 Å². The van der Waals surface area contributed by atoms with Crippen molar-refractivity contribution in [2.24, 2.45) is 0 Å². The van der Waals surface area contributed by atoms with E-state index in [4.69, 9.17) is 14.6 Å². The van der Waals surface area contributed by atoms with E-state index in [1.54, 1.807) is 0 Å². The normalized spacial score (nSPS) is 31.8. The molecule has 1 spiro atoms. The van der Waals surface area contributed by atoms with E-state index in [1.807, 2.05) is 0 Å². The molecule has 0 aromatic rings. The van der Waals surface area contributed by atoms with Gasteiger partial charge in [0.2, 0.25) is 0 Å². The van der Waals surface area contributed by atoms with E-state index >= 15 is 0 Å². The van der Waals surface area contributed by atoms with E-state index in [9.17, 15) is 4.79 Å². The van der Waals surface area contributed by atoms with Gasteiger partial charge < -0.3 is 14.6 Å². The highest BCUT2D eigenvalue weighted by Gasteiger charge is 2.52. The average Bonchev–Trinajstić information content (AvgIpc) is 2.89. The molecule has 4 nitrogen and oxygen atoms in total. The van der Waals surface area contributed by atoms with E-state index < -0.39 is 5.60 Å². The third-order valence-electron chi connectivity index (χ3n) is 2.39. The first-order valence-corrected chi connectivity index (χ1v) is 4.39. The third-order valence-corrected chi connectivity index (χ3v) is 2.39. The minimum atomic E-state index is -0.494. The maximum atomic E-state index is 11.4. The molecule has 13 heavy (non-hydrogen) atoms. The van der Waals surface area contributed by atoms with Crippen LogP contribution in [0, 0.1) is 0 Å². The van der Waals surface area contributed by atoms with Gasteiger partial charge in [-0.1, -0.05) is 0 Å². The number of carbonyl (C=O) groups is 1. The van der Waals surface area contributed by atoms with Gasteiger partial charge in [0.15, 0.2) is 11.4 Å². The number of hydrogen-bond acceptors (Lipinski definition) is 4. The van der Waals surface area contributed by atoms with Gasteiger partial charge in [0.25, 0.3) is 0 Å². The summed E-state index contributed by atoms with van der Waals surface area (Å²) in [4.78, 5) is 11.4. The summed E-state index contributed by atoms with van der Waals surface area (Å²) in [6, 6.07) is 0. The van der Waals surface area contributed by atoms with Crippen LogP contribution in [0.3, 0.4) is 0 Å². The van der Waals surface area contributed by atoms with E-state index in [-0.39, 0.29) is 19.0 Å². The molecule has 1 N–H and O–H groups in total. The Morgan fingerprint density at radius 3 is 3.00 bits per heavy atom. The molecular weight excluding hydrogens is 172 g/mol. The minimum Gasteiger partial charge on any atom is -0.495 e. The number of aliphatic hydroxyl groups is 1. The number of aliphatic hydroxyl groups excluding tert-OH is 1. The lowest BCUT2D eigenvalue weighted by Crippen LogP contribution is -2.27. The van der Waals surface area contributed by atoms with Gasteiger partial charge in [-0.05, 0) is 6.42 Å². The predicted octanol–water partition coefficient (Wildman–Crippen LogP) is 0.0111. The Hall–Kier alpha value is -0.870. The fourth-order valence-electron chi connectivity index (χ4n) is 1.46. The molecule has 0 radical (unpaired) electrons. The Morgan fingerprint density at radius 1 is 1.69 bits per heavy atom. The Kier molecular flexibility index (Phi) is 2.09. The standard InChI is InChI=1S/C9H12O4/c10-3-4-12-7-1-2-9(6-13-9)8(11)5-7/h5,10H,1-4,6H2. The molecule has 2 aliphatic rings. The number of allylic oxidation sites excluding steroid dienone is 1. The molecule has 0 saturated carbocycles. The minimum absolute atomic E-state index is 0.00619. The Labute approximate surface area is 76.1 Å². The van der Waals surface area contributed by atoms with Crippen molar-refractivity contribution < 1.29 is 19.4 Å². The monoisotopic (exact) mass is 184 g/mol. The van der Waals surface area contributed by atoms with Crippen LogP contribution in [0.2, 0.25) is 0 Å². The van der Waals surface area contributed by atoms with Gasteiger partial charge in [-0.3, -0.25) is 4.79 Å². The molecule has 0 aromatic heterocycles. The first-order valence-electron chi connectivity index (χ1n) is 4.39. The second-order valence-corrected chi connectivity index (χ2v) is 3.33. The zero-order chi connectivity index (χ0) is 9.31. The van der Waals surface area contributed by atoms with Gasteiger partial charge in [0.1, 0.15) is 6.61 Å². The molecule has 1 fully saturated rings. The van der Waals surface area contributed by atoms with Gasteiger partial charge in [-0.25, -0.2) is 0 Å². The number of rotatable bonds is 3. The molecule has 1 heterocycles. The number of hydrogen-bond donors (Lipinski definition) is 1. The van der Waals surface area contributed by atoms with Crippen LogP contribution in [0.4, 0.5) is 0 Å². The van der Waals surface area contributed by atoms with Crippen molar-refractivity contribution in [3.63, 3.8) is 0 Å². The van der Waals surface area contributed by atoms with Crippen molar-refractivity contribution in [2.45, 2.75) is 18.4 Å². The average molecular weight is 184 g/mol. The van der Waals surface area contributed by atoms with Crippen molar-refractivity contribution in [1.82, 2.24) is 0 Å². The lowest BCUT2D eigenvalue weighted by atomic mass is 9.93. The molecule has 0 amide bonds. The van der Waals surface area contributed by atoms with Crippen LogP contribution in [-0.4, -0.2) is 36.3 Å². The summed E-state index contributed by atoms with van der Waals surface area (Å²) < 4.78 is 10.3. The molecule has 4 heteroatoms. The first-order chi connectivity index (χ1) is 6.27. The zero-order valence-electron chi connectivity index (χ0n) is 7.28. The number of ketones is 1. The van der Waals surface area contributed by atoms with Gasteiger partial charge >= 0.3 is 0 Å². The van der Waals surface area contributed by atoms with Crippen molar-refractivity contribution in [3.8, 4) is 0 Å². The van der Waals surface area contributed by atoms with Crippen LogP contribution in [-0.2, 0) is 14.3 Å². The van der Waals surface area contributed by atoms with Crippen molar-refractivity contribution >= 4 is 5.78 Å². The highest BCUT2D eigenvalue weighted by atomic mass is 16.6. The Bertz CT molecular complexity index is 252. The van der Waals surface area contributed by atoms with E-state index in [0.29, 0.717) is 18.8 Å². The summed E-state index contributed by atoms with van der Waals surface area (Å²) in [6.45, 7) is 0.787. The zero-order valence-corrected chi connectivity index (χ0v) is 7.28. The van der Waals surface area contributed by atoms with Crippen LogP contribution in [0.15, 0.2) is 11.8 Å². The van der Waals surface area contributed by atoms with Gasteiger partial charge in [0.05, 0.1) is 19.0 Å². The highest BCUT2D eigenvalue weighted by molar-refractivity contribution is 6.00. The molecule has 1 aliphatic heterocycles. The fourth-order valence-corrected chi connectivity index (χ4v) is 1.46. The molecule has 0 aromatic carbocycles. The number of carbonyl (C=O) groups excluding carboxylic acids is 1. The van der Waals surface area contributed by atoms with Crippen LogP contribution >= 0.6 is 0 Å². The van der Waals surface area contributed by atoms with Crippen LogP contribution in [0.1, 0.15) is 12.8 Å². The Balaban J connectivity index is 1.96. The lowest BCUT2D eigenvalue weighted by molar-refractivity contribution is -0.120. The van der Waals surface area contributed by atoms with E-state index in [2.05, 4.69) is 0 Å². The molecule has 1 aliphatic carbocycles. The maximum Gasteiger partial charge on any atom is 0.193 e. The molecule has 72 valence electrons. The first kappa shape index (κ1) is 8.72. The predicted molar refractivity (Wildman–Crippen MR) is 44.0 cm³/mol. The summed E-state index contributed by atoms with van der Waals surface area (Å²) >= 11 is 0. The third kappa shape index (κ3) is 1.59. The van der Waals surface area contributed by atoms with Crippen LogP contribution < -0.4 is 0 Å². The van der Waals surface area contributed by atoms with Gasteiger partial charge in [-0.2, -0.15) is 0 Å². The fraction of sp³-hybridized carbons (Fsp3) is 0.667. The Morgan fingerprint density at radius 2 is 2.46 bits per heavy atom. The van der Waals surface area contributed by atoms with Crippen molar-refractivity contribution in [1.29, 1.82) is 0 Å². The summed E-state index contributed by atoms with van der Waals surface area (Å²) in [6.07, 6.45) is 2.93. The molecule has 2 rings (SSSR count). The molecule has 1 unspecified atom stereocenters. The van der Waals surface area contributed by atoms with E-state index in [0.717, 1.165) is 6.42 Å². The van der Waals surface area contributed by atoms with Crippen molar-refractivity contribution in [3.05, 3.63) is 11.8 Å². The summed E-state index contributed by atoms with van der Waals surface area (Å²) in [5.41, 5.74) is -0.494. The van der Waals surface area contributed by atoms with Gasteiger partial charge in [0, 0.05) is 12.5 Å². The molecule has 1 saturated heterocycles. The highest BCUT2D eigenvalue weighted by Crippen LogP contribution is 2.38. The summed E-state index contributed by atoms with van der Waals surface area (Å²) in [7, 11) is 0. The molecule has 0 bridgehead atoms. The summed E-state index contributed by atoms with van der Waals surface area (Å²) in [5.74, 6) is 0.673. The SMILES string of the molecule is O=C1C=C(OCCO)CCC12CO2. The lowest BCUT2D eigenvalue weighted by Gasteiger charge is -2.17.